The number of likely N-dealkylation sites (tertiary alicyclic amines) is 1. The van der Waals surface area contributed by atoms with Crippen molar-refractivity contribution in [3.8, 4) is 0 Å². The monoisotopic (exact) mass is 170 g/mol. The molecule has 0 amide bonds. The van der Waals surface area contributed by atoms with Crippen molar-refractivity contribution in [3.63, 3.8) is 0 Å². The Hall–Kier alpha value is -0.120. The molecule has 0 aromatic heterocycles. The van der Waals surface area contributed by atoms with E-state index < -0.39 is 0 Å². The maximum absolute atomic E-state index is 5.72. The molecule has 2 aliphatic heterocycles. The van der Waals surface area contributed by atoms with Gasteiger partial charge in [-0.25, -0.2) is 0 Å². The average Bonchev–Trinajstić information content (AvgIpc) is 2.33. The third kappa shape index (κ3) is 1.79. The number of ether oxygens (including phenoxy) is 1. The third-order valence-corrected chi connectivity index (χ3v) is 2.77. The first-order valence-corrected chi connectivity index (χ1v) is 4.87. The molecule has 0 saturated carbocycles. The van der Waals surface area contributed by atoms with Crippen LogP contribution in [0.5, 0.6) is 0 Å². The molecule has 0 aromatic rings. The van der Waals surface area contributed by atoms with E-state index in [-0.39, 0.29) is 0 Å². The quantitative estimate of drug-likeness (QED) is 0.643. The molecule has 2 rings (SSSR count). The van der Waals surface area contributed by atoms with Crippen molar-refractivity contribution in [1.82, 2.24) is 4.90 Å². The van der Waals surface area contributed by atoms with Crippen molar-refractivity contribution in [3.05, 3.63) is 0 Å². The lowest BCUT2D eigenvalue weighted by Crippen LogP contribution is -2.57. The Morgan fingerprint density at radius 1 is 1.42 bits per heavy atom. The molecular formula is C9H18N2O. The van der Waals surface area contributed by atoms with Crippen LogP contribution in [0.15, 0.2) is 0 Å². The van der Waals surface area contributed by atoms with Gasteiger partial charge in [0.2, 0.25) is 0 Å². The molecule has 0 bridgehead atoms. The Labute approximate surface area is 73.9 Å². The van der Waals surface area contributed by atoms with E-state index in [9.17, 15) is 0 Å². The second-order valence-corrected chi connectivity index (χ2v) is 4.12. The minimum Gasteiger partial charge on any atom is -0.374 e. The molecule has 2 N–H and O–H groups in total. The fraction of sp³-hybridized carbons (Fsp3) is 1.00. The molecule has 2 fully saturated rings. The van der Waals surface area contributed by atoms with Gasteiger partial charge in [-0.05, 0) is 19.8 Å². The zero-order chi connectivity index (χ0) is 8.55. The summed E-state index contributed by atoms with van der Waals surface area (Å²) in [4.78, 5) is 2.38. The van der Waals surface area contributed by atoms with Crippen LogP contribution < -0.4 is 5.73 Å². The zero-order valence-electron chi connectivity index (χ0n) is 7.70. The molecule has 12 heavy (non-hydrogen) atoms. The van der Waals surface area contributed by atoms with E-state index in [1.54, 1.807) is 0 Å². The van der Waals surface area contributed by atoms with E-state index in [0.29, 0.717) is 18.2 Å². The smallest absolute Gasteiger partial charge is 0.0706 e. The predicted octanol–water partition coefficient (Wildman–Crippen LogP) is 0.197. The largest absolute Gasteiger partial charge is 0.374 e. The van der Waals surface area contributed by atoms with E-state index >= 15 is 0 Å². The Morgan fingerprint density at radius 2 is 2.17 bits per heavy atom. The van der Waals surface area contributed by atoms with Gasteiger partial charge in [0.05, 0.1) is 12.2 Å². The summed E-state index contributed by atoms with van der Waals surface area (Å²) >= 11 is 0. The molecule has 0 aromatic carbocycles. The van der Waals surface area contributed by atoms with E-state index in [0.717, 1.165) is 19.6 Å². The number of nitrogens with zero attached hydrogens (tertiary/aromatic N) is 1. The lowest BCUT2D eigenvalue weighted by molar-refractivity contribution is 0.0127. The number of rotatable bonds is 2. The third-order valence-electron chi connectivity index (χ3n) is 2.77. The van der Waals surface area contributed by atoms with Gasteiger partial charge in [0.15, 0.2) is 0 Å². The fourth-order valence-corrected chi connectivity index (χ4v) is 2.07. The molecule has 0 spiro atoms. The first-order valence-electron chi connectivity index (χ1n) is 4.87. The zero-order valence-corrected chi connectivity index (χ0v) is 7.70. The molecule has 2 heterocycles. The second-order valence-electron chi connectivity index (χ2n) is 4.12. The molecule has 0 radical (unpaired) electrons. The summed E-state index contributed by atoms with van der Waals surface area (Å²) < 4.78 is 5.72. The minimum absolute atomic E-state index is 0.420. The molecule has 0 aliphatic carbocycles. The normalized spacial score (nSPS) is 38.5. The topological polar surface area (TPSA) is 38.5 Å². The van der Waals surface area contributed by atoms with Gasteiger partial charge in [0.1, 0.15) is 0 Å². The van der Waals surface area contributed by atoms with Crippen LogP contribution in [0.4, 0.5) is 0 Å². The molecule has 3 nitrogen and oxygen atoms in total. The van der Waals surface area contributed by atoms with Gasteiger partial charge in [-0.3, -0.25) is 4.90 Å². The molecule has 70 valence electrons. The first-order chi connectivity index (χ1) is 5.74. The van der Waals surface area contributed by atoms with Gasteiger partial charge in [0, 0.05) is 25.7 Å². The Morgan fingerprint density at radius 3 is 2.67 bits per heavy atom. The van der Waals surface area contributed by atoms with Crippen molar-refractivity contribution >= 4 is 0 Å². The van der Waals surface area contributed by atoms with E-state index in [4.69, 9.17) is 10.5 Å². The van der Waals surface area contributed by atoms with Gasteiger partial charge in [-0.2, -0.15) is 0 Å². The van der Waals surface area contributed by atoms with Crippen LogP contribution in [0.1, 0.15) is 19.8 Å². The number of nitrogens with two attached hydrogens (primary N) is 1. The molecule has 2 atom stereocenters. The van der Waals surface area contributed by atoms with Crippen molar-refractivity contribution in [1.29, 1.82) is 0 Å². The summed E-state index contributed by atoms with van der Waals surface area (Å²) in [5.41, 5.74) is 5.69. The second kappa shape index (κ2) is 3.32. The van der Waals surface area contributed by atoms with E-state index in [2.05, 4.69) is 11.8 Å². The highest BCUT2D eigenvalue weighted by Crippen LogP contribution is 2.21. The van der Waals surface area contributed by atoms with Crippen molar-refractivity contribution in [2.45, 2.75) is 38.0 Å². The number of hydrogen-bond acceptors (Lipinski definition) is 3. The molecule has 2 aliphatic rings. The van der Waals surface area contributed by atoms with Crippen LogP contribution in [-0.4, -0.2) is 42.8 Å². The SMILES string of the molecule is CC1CCC(CN2CC(N)C2)O1. The molecular weight excluding hydrogens is 152 g/mol. The summed E-state index contributed by atoms with van der Waals surface area (Å²) in [6.07, 6.45) is 3.41. The van der Waals surface area contributed by atoms with E-state index in [1.807, 2.05) is 0 Å². The predicted molar refractivity (Wildman–Crippen MR) is 48.0 cm³/mol. The van der Waals surface area contributed by atoms with Crippen molar-refractivity contribution < 1.29 is 4.74 Å². The standard InChI is InChI=1S/C9H18N2O/c1-7-2-3-9(12-7)6-11-4-8(10)5-11/h7-9H,2-6,10H2,1H3. The summed E-state index contributed by atoms with van der Waals surface area (Å²) in [5.74, 6) is 0. The van der Waals surface area contributed by atoms with Gasteiger partial charge in [0.25, 0.3) is 0 Å². The Kier molecular flexibility index (Phi) is 2.35. The summed E-state index contributed by atoms with van der Waals surface area (Å²) in [5, 5.41) is 0. The summed E-state index contributed by atoms with van der Waals surface area (Å²) in [7, 11) is 0. The van der Waals surface area contributed by atoms with Gasteiger partial charge >= 0.3 is 0 Å². The average molecular weight is 170 g/mol. The maximum atomic E-state index is 5.72. The van der Waals surface area contributed by atoms with Crippen molar-refractivity contribution in [2.24, 2.45) is 5.73 Å². The lowest BCUT2D eigenvalue weighted by atomic mass is 10.1. The van der Waals surface area contributed by atoms with Crippen LogP contribution in [0.25, 0.3) is 0 Å². The van der Waals surface area contributed by atoms with E-state index in [1.165, 1.54) is 12.8 Å². The van der Waals surface area contributed by atoms with Crippen LogP contribution >= 0.6 is 0 Å². The molecule has 3 heteroatoms. The number of hydrogen-bond donors (Lipinski definition) is 1. The van der Waals surface area contributed by atoms with Crippen molar-refractivity contribution in [2.75, 3.05) is 19.6 Å². The molecule has 2 saturated heterocycles. The Bertz CT molecular complexity index is 157. The highest BCUT2D eigenvalue weighted by Gasteiger charge is 2.29. The van der Waals surface area contributed by atoms with Crippen LogP contribution in [0, 0.1) is 0 Å². The fourth-order valence-electron chi connectivity index (χ4n) is 2.07. The molecule has 2 unspecified atom stereocenters. The first kappa shape index (κ1) is 8.48. The lowest BCUT2D eigenvalue weighted by Gasteiger charge is -2.38. The van der Waals surface area contributed by atoms with Crippen LogP contribution in [0.2, 0.25) is 0 Å². The highest BCUT2D eigenvalue weighted by atomic mass is 16.5. The summed E-state index contributed by atoms with van der Waals surface area (Å²) in [6.45, 7) is 5.38. The summed E-state index contributed by atoms with van der Waals surface area (Å²) in [6, 6.07) is 0.420. The maximum Gasteiger partial charge on any atom is 0.0706 e. The van der Waals surface area contributed by atoms with Gasteiger partial charge in [-0.1, -0.05) is 0 Å². The van der Waals surface area contributed by atoms with Crippen LogP contribution in [-0.2, 0) is 4.74 Å². The highest BCUT2D eigenvalue weighted by molar-refractivity contribution is 4.85. The minimum atomic E-state index is 0.420. The Balaban J connectivity index is 1.67. The van der Waals surface area contributed by atoms with Crippen LogP contribution in [0.3, 0.4) is 0 Å². The van der Waals surface area contributed by atoms with Gasteiger partial charge < -0.3 is 10.5 Å². The van der Waals surface area contributed by atoms with Gasteiger partial charge in [-0.15, -0.1) is 0 Å².